The van der Waals surface area contributed by atoms with Crippen LogP contribution in [0.15, 0.2) is 12.3 Å². The van der Waals surface area contributed by atoms with Gasteiger partial charge in [0.2, 0.25) is 0 Å². The third kappa shape index (κ3) is 5.92. The van der Waals surface area contributed by atoms with E-state index in [2.05, 4.69) is 13.5 Å². The van der Waals surface area contributed by atoms with Crippen molar-refractivity contribution in [3.8, 4) is 0 Å². The summed E-state index contributed by atoms with van der Waals surface area (Å²) in [6, 6.07) is 0.145. The van der Waals surface area contributed by atoms with E-state index in [1.54, 1.807) is 0 Å². The van der Waals surface area contributed by atoms with E-state index in [1.807, 2.05) is 13.8 Å². The van der Waals surface area contributed by atoms with Crippen molar-refractivity contribution in [2.24, 2.45) is 5.73 Å². The van der Waals surface area contributed by atoms with Crippen LogP contribution in [0.25, 0.3) is 0 Å². The van der Waals surface area contributed by atoms with Gasteiger partial charge in [-0.15, -0.1) is 0 Å². The van der Waals surface area contributed by atoms with Crippen LogP contribution in [-0.2, 0) is 4.74 Å². The summed E-state index contributed by atoms with van der Waals surface area (Å²) in [6.07, 6.45) is 2.03. The largest absolute Gasteiger partial charge is 0.496 e. The Bertz CT molecular complexity index is 121. The minimum atomic E-state index is 0.145. The summed E-state index contributed by atoms with van der Waals surface area (Å²) in [4.78, 5) is 0. The van der Waals surface area contributed by atoms with Crippen molar-refractivity contribution in [1.82, 2.24) is 0 Å². The Hall–Kier alpha value is -0.500. The molecule has 0 aromatic heterocycles. The lowest BCUT2D eigenvalue weighted by atomic mass is 10.2. The highest BCUT2D eigenvalue weighted by atomic mass is 16.5. The molecule has 0 rings (SSSR count). The van der Waals surface area contributed by atoms with E-state index < -0.39 is 0 Å². The minimum absolute atomic E-state index is 0.145. The van der Waals surface area contributed by atoms with Gasteiger partial charge in [0.25, 0.3) is 0 Å². The average Bonchev–Trinajstić information content (AvgIpc) is 1.85. The third-order valence-corrected chi connectivity index (χ3v) is 1.49. The molecule has 2 nitrogen and oxygen atoms in total. The van der Waals surface area contributed by atoms with Gasteiger partial charge in [0.05, 0.1) is 11.9 Å². The summed E-state index contributed by atoms with van der Waals surface area (Å²) in [6.45, 7) is 9.85. The Labute approximate surface area is 69.4 Å². The quantitative estimate of drug-likeness (QED) is 0.620. The highest BCUT2D eigenvalue weighted by Gasteiger charge is 2.03. The minimum Gasteiger partial charge on any atom is -0.496 e. The molecule has 0 heterocycles. The molecule has 0 radical (unpaired) electrons. The number of nitrogens with two attached hydrogens (primary N) is 1. The van der Waals surface area contributed by atoms with Gasteiger partial charge in [0.1, 0.15) is 0 Å². The molecule has 2 heteroatoms. The number of hydrogen-bond donors (Lipinski definition) is 1. The monoisotopic (exact) mass is 157 g/mol. The van der Waals surface area contributed by atoms with E-state index in [4.69, 9.17) is 10.5 Å². The fourth-order valence-electron chi connectivity index (χ4n) is 0.775. The smallest absolute Gasteiger partial charge is 0.0951 e. The van der Waals surface area contributed by atoms with E-state index in [0.29, 0.717) is 0 Å². The fourth-order valence-corrected chi connectivity index (χ4v) is 0.775. The molecule has 0 bridgehead atoms. The molecular weight excluding hydrogens is 138 g/mol. The molecule has 2 unspecified atom stereocenters. The van der Waals surface area contributed by atoms with Crippen molar-refractivity contribution in [2.45, 2.75) is 45.8 Å². The van der Waals surface area contributed by atoms with Gasteiger partial charge in [-0.25, -0.2) is 0 Å². The lowest BCUT2D eigenvalue weighted by molar-refractivity contribution is 0.120. The maximum Gasteiger partial charge on any atom is 0.0951 e. The molecule has 0 aliphatic heterocycles. The maximum absolute atomic E-state index is 5.57. The lowest BCUT2D eigenvalue weighted by Crippen LogP contribution is -2.17. The molecule has 0 saturated carbocycles. The zero-order chi connectivity index (χ0) is 8.85. The SMILES string of the molecule is C=C(CC(C)N)OC(C)CC. The van der Waals surface area contributed by atoms with E-state index in [-0.39, 0.29) is 12.1 Å². The number of rotatable bonds is 5. The van der Waals surface area contributed by atoms with E-state index in [0.717, 1.165) is 18.6 Å². The molecule has 0 fully saturated rings. The molecule has 2 atom stereocenters. The maximum atomic E-state index is 5.57. The summed E-state index contributed by atoms with van der Waals surface area (Å²) >= 11 is 0. The van der Waals surface area contributed by atoms with Gasteiger partial charge >= 0.3 is 0 Å². The Morgan fingerprint density at radius 2 is 2.09 bits per heavy atom. The van der Waals surface area contributed by atoms with Crippen molar-refractivity contribution < 1.29 is 4.74 Å². The molecule has 0 amide bonds. The van der Waals surface area contributed by atoms with Crippen LogP contribution in [0.4, 0.5) is 0 Å². The summed E-state index contributed by atoms with van der Waals surface area (Å²) in [7, 11) is 0. The standard InChI is InChI=1S/C9H19NO/c1-5-8(3)11-9(4)6-7(2)10/h7-8H,4-6,10H2,1-3H3. The van der Waals surface area contributed by atoms with Gasteiger partial charge in [-0.2, -0.15) is 0 Å². The Morgan fingerprint density at radius 1 is 1.55 bits per heavy atom. The van der Waals surface area contributed by atoms with Gasteiger partial charge in [-0.1, -0.05) is 13.5 Å². The first-order chi connectivity index (χ1) is 5.06. The molecule has 66 valence electrons. The van der Waals surface area contributed by atoms with E-state index in [9.17, 15) is 0 Å². The second kappa shape index (κ2) is 5.19. The van der Waals surface area contributed by atoms with E-state index >= 15 is 0 Å². The first kappa shape index (κ1) is 10.5. The highest BCUT2D eigenvalue weighted by Crippen LogP contribution is 2.08. The van der Waals surface area contributed by atoms with Crippen LogP contribution in [0.2, 0.25) is 0 Å². The van der Waals surface area contributed by atoms with Gasteiger partial charge in [0, 0.05) is 12.5 Å². The van der Waals surface area contributed by atoms with Crippen LogP contribution in [0.1, 0.15) is 33.6 Å². The van der Waals surface area contributed by atoms with Crippen molar-refractivity contribution in [1.29, 1.82) is 0 Å². The van der Waals surface area contributed by atoms with Crippen LogP contribution in [0.5, 0.6) is 0 Å². The van der Waals surface area contributed by atoms with Crippen LogP contribution in [0, 0.1) is 0 Å². The molecule has 0 aromatic carbocycles. The molecule has 2 N–H and O–H groups in total. The van der Waals surface area contributed by atoms with Crippen LogP contribution in [0.3, 0.4) is 0 Å². The van der Waals surface area contributed by atoms with Crippen LogP contribution >= 0.6 is 0 Å². The molecule has 0 aliphatic rings. The van der Waals surface area contributed by atoms with Gasteiger partial charge in [-0.3, -0.25) is 0 Å². The molecular formula is C9H19NO. The van der Waals surface area contributed by atoms with Crippen molar-refractivity contribution >= 4 is 0 Å². The second-order valence-electron chi connectivity index (χ2n) is 3.06. The number of hydrogen-bond acceptors (Lipinski definition) is 2. The highest BCUT2D eigenvalue weighted by molar-refractivity contribution is 4.86. The Morgan fingerprint density at radius 3 is 2.45 bits per heavy atom. The predicted octanol–water partition coefficient (Wildman–Crippen LogP) is 2.05. The normalized spacial score (nSPS) is 15.6. The molecule has 11 heavy (non-hydrogen) atoms. The summed E-state index contributed by atoms with van der Waals surface area (Å²) < 4.78 is 5.44. The second-order valence-corrected chi connectivity index (χ2v) is 3.06. The Kier molecular flexibility index (Phi) is 4.95. The first-order valence-electron chi connectivity index (χ1n) is 4.16. The lowest BCUT2D eigenvalue weighted by Gasteiger charge is -2.15. The first-order valence-corrected chi connectivity index (χ1v) is 4.16. The van der Waals surface area contributed by atoms with Crippen LogP contribution < -0.4 is 5.73 Å². The fraction of sp³-hybridized carbons (Fsp3) is 0.778. The van der Waals surface area contributed by atoms with Crippen molar-refractivity contribution in [3.05, 3.63) is 12.3 Å². The average molecular weight is 157 g/mol. The van der Waals surface area contributed by atoms with Gasteiger partial charge < -0.3 is 10.5 Å². The summed E-state index contributed by atoms with van der Waals surface area (Å²) in [5, 5.41) is 0. The molecule has 0 aromatic rings. The topological polar surface area (TPSA) is 35.2 Å². The van der Waals surface area contributed by atoms with Gasteiger partial charge in [0.15, 0.2) is 0 Å². The van der Waals surface area contributed by atoms with E-state index in [1.165, 1.54) is 0 Å². The predicted molar refractivity (Wildman–Crippen MR) is 48.2 cm³/mol. The zero-order valence-corrected chi connectivity index (χ0v) is 7.76. The third-order valence-electron chi connectivity index (χ3n) is 1.49. The molecule has 0 saturated heterocycles. The molecule has 0 aliphatic carbocycles. The molecule has 0 spiro atoms. The van der Waals surface area contributed by atoms with Crippen molar-refractivity contribution in [2.75, 3.05) is 0 Å². The van der Waals surface area contributed by atoms with Crippen molar-refractivity contribution in [3.63, 3.8) is 0 Å². The summed E-state index contributed by atoms with van der Waals surface area (Å²) in [5.74, 6) is 0.800. The van der Waals surface area contributed by atoms with Gasteiger partial charge in [-0.05, 0) is 20.3 Å². The van der Waals surface area contributed by atoms with Crippen LogP contribution in [-0.4, -0.2) is 12.1 Å². The zero-order valence-electron chi connectivity index (χ0n) is 7.76. The Balaban J connectivity index is 3.52. The summed E-state index contributed by atoms with van der Waals surface area (Å²) in [5.41, 5.74) is 5.57. The number of ether oxygens (including phenoxy) is 1.